The monoisotopic (exact) mass is 670 g/mol. The molecule has 1 amide bonds. The van der Waals surface area contributed by atoms with Crippen molar-refractivity contribution in [1.82, 2.24) is 0 Å². The van der Waals surface area contributed by atoms with Crippen LogP contribution in [0.2, 0.25) is 15.1 Å². The Hall–Kier alpha value is -2.74. The summed E-state index contributed by atoms with van der Waals surface area (Å²) < 4.78 is 7.01. The van der Waals surface area contributed by atoms with Gasteiger partial charge >= 0.3 is 0 Å². The molecule has 9 heteroatoms. The van der Waals surface area contributed by atoms with Gasteiger partial charge in [-0.05, 0) is 103 Å². The van der Waals surface area contributed by atoms with Gasteiger partial charge in [-0.25, -0.2) is 4.99 Å². The van der Waals surface area contributed by atoms with E-state index in [-0.39, 0.29) is 5.91 Å². The predicted octanol–water partition coefficient (Wildman–Crippen LogP) is 10.4. The van der Waals surface area contributed by atoms with Crippen molar-refractivity contribution in [1.29, 1.82) is 0 Å². The molecule has 0 atom stereocenters. The van der Waals surface area contributed by atoms with Gasteiger partial charge in [-0.1, -0.05) is 75.0 Å². The summed E-state index contributed by atoms with van der Waals surface area (Å²) in [6, 6.07) is 24.3. The lowest BCUT2D eigenvalue weighted by molar-refractivity contribution is -0.113. The summed E-state index contributed by atoms with van der Waals surface area (Å²) in [5.41, 5.74) is 4.86. The van der Waals surface area contributed by atoms with Crippen molar-refractivity contribution in [2.45, 2.75) is 20.5 Å². The largest absolute Gasteiger partial charge is 0.488 e. The molecular formula is C31H22BrCl3N2O2S. The normalized spacial score (nSPS) is 15.3. The number of anilines is 1. The average Bonchev–Trinajstić information content (AvgIpc) is 3.22. The Balaban J connectivity index is 1.53. The van der Waals surface area contributed by atoms with Crippen LogP contribution in [0, 0.1) is 13.8 Å². The van der Waals surface area contributed by atoms with Crippen molar-refractivity contribution in [3.63, 3.8) is 0 Å². The molecule has 4 aromatic rings. The molecule has 4 nitrogen and oxygen atoms in total. The molecule has 0 unspecified atom stereocenters. The van der Waals surface area contributed by atoms with Gasteiger partial charge in [0.2, 0.25) is 0 Å². The quantitative estimate of drug-likeness (QED) is 0.192. The van der Waals surface area contributed by atoms with Crippen molar-refractivity contribution >= 4 is 91.0 Å². The van der Waals surface area contributed by atoms with Gasteiger partial charge in [-0.3, -0.25) is 9.69 Å². The second-order valence-electron chi connectivity index (χ2n) is 9.11. The van der Waals surface area contributed by atoms with Crippen molar-refractivity contribution < 1.29 is 9.53 Å². The second kappa shape index (κ2) is 12.4. The molecule has 0 N–H and O–H groups in total. The van der Waals surface area contributed by atoms with Gasteiger partial charge in [0.1, 0.15) is 12.4 Å². The van der Waals surface area contributed by atoms with E-state index in [4.69, 9.17) is 44.5 Å². The van der Waals surface area contributed by atoms with E-state index in [1.165, 1.54) is 11.8 Å². The van der Waals surface area contributed by atoms with Crippen LogP contribution >= 0.6 is 62.5 Å². The van der Waals surface area contributed by atoms with Crippen LogP contribution in [0.5, 0.6) is 5.75 Å². The molecule has 202 valence electrons. The first-order valence-corrected chi connectivity index (χ1v) is 14.9. The Labute approximate surface area is 260 Å². The number of benzene rings is 4. The molecule has 1 saturated heterocycles. The third kappa shape index (κ3) is 6.59. The number of halogens is 4. The fourth-order valence-corrected chi connectivity index (χ4v) is 5.75. The van der Waals surface area contributed by atoms with Crippen LogP contribution in [-0.2, 0) is 11.4 Å². The molecule has 0 saturated carbocycles. The number of carbonyl (C=O) groups is 1. The molecule has 1 heterocycles. The number of carbonyl (C=O) groups excluding carboxylic acids is 1. The third-order valence-electron chi connectivity index (χ3n) is 6.17. The van der Waals surface area contributed by atoms with Gasteiger partial charge in [0.15, 0.2) is 5.17 Å². The van der Waals surface area contributed by atoms with Crippen LogP contribution in [0.4, 0.5) is 11.4 Å². The predicted molar refractivity (Wildman–Crippen MR) is 172 cm³/mol. The fourth-order valence-electron chi connectivity index (χ4n) is 3.91. The van der Waals surface area contributed by atoms with Gasteiger partial charge in [-0.2, -0.15) is 0 Å². The topological polar surface area (TPSA) is 41.9 Å². The number of rotatable bonds is 6. The highest BCUT2D eigenvalue weighted by atomic mass is 79.9. The lowest BCUT2D eigenvalue weighted by Crippen LogP contribution is -2.28. The number of amidine groups is 1. The van der Waals surface area contributed by atoms with E-state index in [0.29, 0.717) is 48.9 Å². The van der Waals surface area contributed by atoms with Crippen LogP contribution in [0.15, 0.2) is 93.2 Å². The number of aryl methyl sites for hydroxylation is 2. The molecule has 4 aromatic carbocycles. The smallest absolute Gasteiger partial charge is 0.271 e. The molecule has 1 aliphatic heterocycles. The molecule has 1 aliphatic rings. The molecule has 0 bridgehead atoms. The van der Waals surface area contributed by atoms with E-state index in [0.717, 1.165) is 26.7 Å². The molecule has 40 heavy (non-hydrogen) atoms. The van der Waals surface area contributed by atoms with Crippen molar-refractivity contribution in [3.8, 4) is 5.75 Å². The molecular weight excluding hydrogens is 651 g/mol. The summed E-state index contributed by atoms with van der Waals surface area (Å²) in [6.45, 7) is 4.20. The highest BCUT2D eigenvalue weighted by Gasteiger charge is 2.35. The molecule has 0 radical (unpaired) electrons. The van der Waals surface area contributed by atoms with Gasteiger partial charge in [0.25, 0.3) is 5.91 Å². The Bertz CT molecular complexity index is 1670. The Morgan fingerprint density at radius 3 is 2.30 bits per heavy atom. The first-order valence-electron chi connectivity index (χ1n) is 12.2. The molecule has 0 aromatic heterocycles. The number of hydrogen-bond acceptors (Lipinski definition) is 4. The SMILES string of the molecule is Cc1ccc(N=C2S/C(=C/c3cc(Br)ccc3OCc3ccc(Cl)cc3)C(=O)N2c2ccc(C)c(Cl)c2)cc1Cl. The number of nitrogens with zero attached hydrogens (tertiary/aromatic N) is 2. The summed E-state index contributed by atoms with van der Waals surface area (Å²) in [5.74, 6) is 0.421. The maximum atomic E-state index is 13.9. The van der Waals surface area contributed by atoms with Gasteiger partial charge in [0.05, 0.1) is 16.3 Å². The van der Waals surface area contributed by atoms with Crippen LogP contribution < -0.4 is 9.64 Å². The zero-order chi connectivity index (χ0) is 28.4. The van der Waals surface area contributed by atoms with Gasteiger partial charge in [-0.15, -0.1) is 0 Å². The lowest BCUT2D eigenvalue weighted by Gasteiger charge is -2.16. The van der Waals surface area contributed by atoms with Crippen molar-refractivity contribution in [3.05, 3.63) is 126 Å². The summed E-state index contributed by atoms with van der Waals surface area (Å²) in [4.78, 5) is 20.7. The van der Waals surface area contributed by atoms with Gasteiger partial charge < -0.3 is 4.74 Å². The third-order valence-corrected chi connectivity index (χ3v) is 8.69. The first-order chi connectivity index (χ1) is 19.2. The van der Waals surface area contributed by atoms with E-state index in [9.17, 15) is 4.79 Å². The minimum absolute atomic E-state index is 0.217. The Morgan fingerprint density at radius 2 is 1.60 bits per heavy atom. The highest BCUT2D eigenvalue weighted by Crippen LogP contribution is 2.40. The average molecular weight is 673 g/mol. The molecule has 5 rings (SSSR count). The molecule has 1 fully saturated rings. The second-order valence-corrected chi connectivity index (χ2v) is 12.3. The van der Waals surface area contributed by atoms with E-state index >= 15 is 0 Å². The van der Waals surface area contributed by atoms with E-state index in [1.807, 2.05) is 86.7 Å². The zero-order valence-corrected chi connectivity index (χ0v) is 26.1. The van der Waals surface area contributed by atoms with Crippen molar-refractivity contribution in [2.75, 3.05) is 4.90 Å². The number of hydrogen-bond donors (Lipinski definition) is 0. The van der Waals surface area contributed by atoms with Crippen molar-refractivity contribution in [2.24, 2.45) is 4.99 Å². The number of ether oxygens (including phenoxy) is 1. The summed E-state index contributed by atoms with van der Waals surface area (Å²) in [5, 5.41) is 2.33. The number of aliphatic imine (C=N–C) groups is 1. The zero-order valence-electron chi connectivity index (χ0n) is 21.4. The number of thioether (sulfide) groups is 1. The van der Waals surface area contributed by atoms with E-state index in [1.54, 1.807) is 17.0 Å². The Morgan fingerprint density at radius 1 is 0.900 bits per heavy atom. The highest BCUT2D eigenvalue weighted by molar-refractivity contribution is 9.10. The maximum absolute atomic E-state index is 13.9. The van der Waals surface area contributed by atoms with Crippen LogP contribution in [0.1, 0.15) is 22.3 Å². The van der Waals surface area contributed by atoms with E-state index < -0.39 is 0 Å². The maximum Gasteiger partial charge on any atom is 0.271 e. The molecule has 0 aliphatic carbocycles. The Kier molecular flexibility index (Phi) is 8.93. The van der Waals surface area contributed by atoms with Gasteiger partial charge in [0, 0.05) is 25.1 Å². The summed E-state index contributed by atoms with van der Waals surface area (Å²) >= 11 is 23.6. The summed E-state index contributed by atoms with van der Waals surface area (Å²) in [7, 11) is 0. The summed E-state index contributed by atoms with van der Waals surface area (Å²) in [6.07, 6.45) is 1.82. The minimum atomic E-state index is -0.217. The molecule has 0 spiro atoms. The minimum Gasteiger partial charge on any atom is -0.488 e. The first kappa shape index (κ1) is 28.8. The van der Waals surface area contributed by atoms with Crippen LogP contribution in [0.3, 0.4) is 0 Å². The lowest BCUT2D eigenvalue weighted by atomic mass is 10.1. The van der Waals surface area contributed by atoms with Crippen LogP contribution in [-0.4, -0.2) is 11.1 Å². The number of amides is 1. The van der Waals surface area contributed by atoms with Crippen LogP contribution in [0.25, 0.3) is 6.08 Å². The van der Waals surface area contributed by atoms with E-state index in [2.05, 4.69) is 15.9 Å². The fraction of sp³-hybridized carbons (Fsp3) is 0.0968. The standard InChI is InChI=1S/C31H22BrCl3N2O2S/c1-18-3-10-24(15-26(18)34)36-31-37(25-11-4-19(2)27(35)16-25)30(38)29(40-31)14-21-13-22(32)7-12-28(21)39-17-20-5-8-23(33)9-6-20/h3-16H,17H2,1-2H3/b29-14+,36-31?.